The highest BCUT2D eigenvalue weighted by atomic mass is 35.5. The van der Waals surface area contributed by atoms with E-state index in [1.165, 1.54) is 0 Å². The van der Waals surface area contributed by atoms with Crippen molar-refractivity contribution < 1.29 is 4.79 Å². The molecule has 2 unspecified atom stereocenters. The Hall–Kier alpha value is -1.91. The molecule has 0 radical (unpaired) electrons. The number of carbonyl (C=O) groups excluding carboxylic acids is 1. The van der Waals surface area contributed by atoms with Crippen LogP contribution < -0.4 is 11.1 Å². The maximum Gasteiger partial charge on any atom is 0.240 e. The Balaban J connectivity index is 0.00000288. The molecule has 0 aliphatic carbocycles. The van der Waals surface area contributed by atoms with Crippen molar-refractivity contribution in [2.75, 3.05) is 0 Å². The van der Waals surface area contributed by atoms with E-state index in [0.29, 0.717) is 6.42 Å². The summed E-state index contributed by atoms with van der Waals surface area (Å²) in [7, 11) is 0. The van der Waals surface area contributed by atoms with Crippen molar-refractivity contribution in [3.05, 3.63) is 54.4 Å². The second-order valence-corrected chi connectivity index (χ2v) is 6.23. The largest absolute Gasteiger partial charge is 0.348 e. The first-order chi connectivity index (χ1) is 10.9. The average Bonchev–Trinajstić information content (AvgIpc) is 2.55. The molecule has 1 heterocycles. The summed E-state index contributed by atoms with van der Waals surface area (Å²) < 4.78 is 0. The molecule has 1 amide bonds. The van der Waals surface area contributed by atoms with Crippen molar-refractivity contribution >= 4 is 18.3 Å². The number of hydrogen-bond acceptors (Lipinski definition) is 3. The van der Waals surface area contributed by atoms with Gasteiger partial charge in [0.25, 0.3) is 0 Å². The summed E-state index contributed by atoms with van der Waals surface area (Å²) in [5.74, 6) is -0.108. The van der Waals surface area contributed by atoms with Crippen LogP contribution in [0.2, 0.25) is 0 Å². The van der Waals surface area contributed by atoms with Crippen LogP contribution in [0.15, 0.2) is 48.8 Å². The van der Waals surface area contributed by atoms with Crippen LogP contribution in [0, 0.1) is 0 Å². The first kappa shape index (κ1) is 20.1. The van der Waals surface area contributed by atoms with Gasteiger partial charge >= 0.3 is 0 Å². The van der Waals surface area contributed by atoms with Gasteiger partial charge in [-0.05, 0) is 43.0 Å². The molecule has 0 spiro atoms. The summed E-state index contributed by atoms with van der Waals surface area (Å²) in [6.45, 7) is 5.78. The molecule has 3 N–H and O–H groups in total. The number of carbonyl (C=O) groups is 1. The third-order valence-corrected chi connectivity index (χ3v) is 4.04. The molecule has 2 rings (SSSR count). The van der Waals surface area contributed by atoms with Gasteiger partial charge in [-0.25, -0.2) is 0 Å². The molecule has 0 fully saturated rings. The first-order valence-corrected chi connectivity index (χ1v) is 8.04. The predicted molar refractivity (Wildman–Crippen MR) is 101 cm³/mol. The highest BCUT2D eigenvalue weighted by Gasteiger charge is 2.28. The number of halogens is 1. The zero-order valence-electron chi connectivity index (χ0n) is 14.5. The van der Waals surface area contributed by atoms with Gasteiger partial charge in [-0.2, -0.15) is 0 Å². The van der Waals surface area contributed by atoms with Crippen LogP contribution in [0.3, 0.4) is 0 Å². The Morgan fingerprint density at radius 1 is 1.25 bits per heavy atom. The molecule has 5 heteroatoms. The van der Waals surface area contributed by atoms with Gasteiger partial charge in [0.15, 0.2) is 0 Å². The fourth-order valence-corrected chi connectivity index (χ4v) is 2.58. The maximum atomic E-state index is 12.3. The van der Waals surface area contributed by atoms with Gasteiger partial charge in [0.05, 0.1) is 11.6 Å². The van der Waals surface area contributed by atoms with Crippen LogP contribution in [0.25, 0.3) is 11.1 Å². The first-order valence-electron chi connectivity index (χ1n) is 8.04. The number of benzene rings is 1. The normalized spacial score (nSPS) is 14.2. The summed E-state index contributed by atoms with van der Waals surface area (Å²) in [6, 6.07) is 12.0. The van der Waals surface area contributed by atoms with Crippen LogP contribution in [0.4, 0.5) is 0 Å². The third kappa shape index (κ3) is 5.05. The summed E-state index contributed by atoms with van der Waals surface area (Å²) in [6.07, 6.45) is 5.15. The Morgan fingerprint density at radius 3 is 2.46 bits per heavy atom. The Labute approximate surface area is 150 Å². The second kappa shape index (κ2) is 8.81. The minimum atomic E-state index is -0.821. The topological polar surface area (TPSA) is 68.0 Å². The molecule has 0 saturated carbocycles. The molecule has 0 bridgehead atoms. The van der Waals surface area contributed by atoms with Crippen LogP contribution in [0.5, 0.6) is 0 Å². The number of pyridine rings is 1. The minimum absolute atomic E-state index is 0. The van der Waals surface area contributed by atoms with E-state index in [9.17, 15) is 4.79 Å². The van der Waals surface area contributed by atoms with Crippen LogP contribution in [-0.2, 0) is 4.79 Å². The molecule has 0 aliphatic rings. The lowest BCUT2D eigenvalue weighted by molar-refractivity contribution is -0.126. The molecule has 4 nitrogen and oxygen atoms in total. The SMILES string of the molecule is CCCC(C)(N)C(=O)NC(C)c1ccc(-c2cccnc2)cc1.Cl. The van der Waals surface area contributed by atoms with Crippen molar-refractivity contribution in [2.45, 2.75) is 45.2 Å². The Morgan fingerprint density at radius 2 is 1.92 bits per heavy atom. The maximum absolute atomic E-state index is 12.3. The lowest BCUT2D eigenvalue weighted by Gasteiger charge is -2.25. The summed E-state index contributed by atoms with van der Waals surface area (Å²) in [4.78, 5) is 16.4. The Bertz CT molecular complexity index is 641. The predicted octanol–water partition coefficient (Wildman–Crippen LogP) is 3.87. The number of rotatable bonds is 6. The number of nitrogens with one attached hydrogen (secondary N) is 1. The highest BCUT2D eigenvalue weighted by Crippen LogP contribution is 2.21. The molecular formula is C19H26ClN3O. The standard InChI is InChI=1S/C19H25N3O.ClH/c1-4-11-19(3,20)18(23)22-14(2)15-7-9-16(10-8-15)17-6-5-12-21-13-17;/h5-10,12-14H,4,11,20H2,1-3H3,(H,22,23);1H. The van der Waals surface area contributed by atoms with E-state index >= 15 is 0 Å². The zero-order chi connectivity index (χ0) is 16.9. The summed E-state index contributed by atoms with van der Waals surface area (Å²) in [5.41, 5.74) is 8.50. The fourth-order valence-electron chi connectivity index (χ4n) is 2.58. The van der Waals surface area contributed by atoms with Gasteiger partial charge in [-0.3, -0.25) is 9.78 Å². The quantitative estimate of drug-likeness (QED) is 0.833. The van der Waals surface area contributed by atoms with Crippen LogP contribution in [-0.4, -0.2) is 16.4 Å². The van der Waals surface area contributed by atoms with Gasteiger partial charge in [0.1, 0.15) is 0 Å². The molecule has 0 saturated heterocycles. The fraction of sp³-hybridized carbons (Fsp3) is 0.368. The van der Waals surface area contributed by atoms with Crippen molar-refractivity contribution in [3.63, 3.8) is 0 Å². The van der Waals surface area contributed by atoms with E-state index in [1.54, 1.807) is 13.1 Å². The van der Waals surface area contributed by atoms with Crippen LogP contribution in [0.1, 0.15) is 45.2 Å². The highest BCUT2D eigenvalue weighted by molar-refractivity contribution is 5.86. The lowest BCUT2D eigenvalue weighted by Crippen LogP contribution is -2.52. The molecule has 130 valence electrons. The molecule has 1 aromatic carbocycles. The third-order valence-electron chi connectivity index (χ3n) is 4.04. The molecular weight excluding hydrogens is 322 g/mol. The minimum Gasteiger partial charge on any atom is -0.348 e. The number of nitrogens with two attached hydrogens (primary N) is 1. The number of nitrogens with zero attached hydrogens (tertiary/aromatic N) is 1. The molecule has 2 atom stereocenters. The summed E-state index contributed by atoms with van der Waals surface area (Å²) >= 11 is 0. The van der Waals surface area contributed by atoms with Crippen LogP contribution >= 0.6 is 12.4 Å². The molecule has 2 aromatic rings. The van der Waals surface area contributed by atoms with E-state index < -0.39 is 5.54 Å². The summed E-state index contributed by atoms with van der Waals surface area (Å²) in [5, 5.41) is 3.00. The van der Waals surface area contributed by atoms with E-state index in [-0.39, 0.29) is 24.4 Å². The van der Waals surface area contributed by atoms with Gasteiger partial charge < -0.3 is 11.1 Å². The van der Waals surface area contributed by atoms with Crippen molar-refractivity contribution in [1.29, 1.82) is 0 Å². The number of aromatic nitrogens is 1. The van der Waals surface area contributed by atoms with Gasteiger partial charge in [-0.1, -0.05) is 43.7 Å². The zero-order valence-corrected chi connectivity index (χ0v) is 15.3. The van der Waals surface area contributed by atoms with Crippen molar-refractivity contribution in [2.24, 2.45) is 5.73 Å². The van der Waals surface area contributed by atoms with Gasteiger partial charge in [0.2, 0.25) is 5.91 Å². The molecule has 1 aromatic heterocycles. The number of hydrogen-bond donors (Lipinski definition) is 2. The smallest absolute Gasteiger partial charge is 0.240 e. The van der Waals surface area contributed by atoms with E-state index in [4.69, 9.17) is 5.73 Å². The molecule has 0 aliphatic heterocycles. The van der Waals surface area contributed by atoms with Crippen molar-refractivity contribution in [3.8, 4) is 11.1 Å². The monoisotopic (exact) mass is 347 g/mol. The van der Waals surface area contributed by atoms with E-state index in [1.807, 2.05) is 56.4 Å². The van der Waals surface area contributed by atoms with Crippen molar-refractivity contribution in [1.82, 2.24) is 10.3 Å². The van der Waals surface area contributed by atoms with E-state index in [0.717, 1.165) is 23.1 Å². The second-order valence-electron chi connectivity index (χ2n) is 6.23. The number of amides is 1. The lowest BCUT2D eigenvalue weighted by atomic mass is 9.95. The van der Waals surface area contributed by atoms with Gasteiger partial charge in [-0.15, -0.1) is 12.4 Å². The molecule has 24 heavy (non-hydrogen) atoms. The average molecular weight is 348 g/mol. The van der Waals surface area contributed by atoms with Gasteiger partial charge in [0, 0.05) is 12.4 Å². The Kier molecular flexibility index (Phi) is 7.39. The van der Waals surface area contributed by atoms with E-state index in [2.05, 4.69) is 10.3 Å².